The summed E-state index contributed by atoms with van der Waals surface area (Å²) in [5.41, 5.74) is 6.82. The van der Waals surface area contributed by atoms with Crippen molar-refractivity contribution in [1.82, 2.24) is 4.90 Å². The van der Waals surface area contributed by atoms with Crippen LogP contribution in [0.15, 0.2) is 22.7 Å². The zero-order valence-corrected chi connectivity index (χ0v) is 12.4. The monoisotopic (exact) mass is 330 g/mol. The molecule has 0 amide bonds. The summed E-state index contributed by atoms with van der Waals surface area (Å²) in [5, 5.41) is 0. The Hall–Kier alpha value is -0.520. The fraction of sp³-hybridized carbons (Fsp3) is 0.462. The molecular formula is C13H16BrFN2S. The van der Waals surface area contributed by atoms with Crippen molar-refractivity contribution in [2.75, 3.05) is 13.1 Å². The molecule has 0 radical (unpaired) electrons. The molecular weight excluding hydrogens is 315 g/mol. The summed E-state index contributed by atoms with van der Waals surface area (Å²) in [6.45, 7) is 2.77. The minimum atomic E-state index is -0.224. The Bertz CT molecular complexity index is 453. The molecule has 1 unspecified atom stereocenters. The first kappa shape index (κ1) is 13.9. The highest BCUT2D eigenvalue weighted by molar-refractivity contribution is 9.10. The second-order valence-corrected chi connectivity index (χ2v) is 6.05. The summed E-state index contributed by atoms with van der Waals surface area (Å²) < 4.78 is 13.7. The number of hydrogen-bond acceptors (Lipinski definition) is 2. The standard InChI is InChI=1S/C13H16BrFN2S/c14-11-6-9(3-4-12(11)15)7-17-5-1-2-10(8-17)13(16)18/h3-4,6,10H,1-2,5,7-8H2,(H2,16,18). The molecule has 2 nitrogen and oxygen atoms in total. The van der Waals surface area contributed by atoms with Crippen molar-refractivity contribution in [3.8, 4) is 0 Å². The number of piperidine rings is 1. The van der Waals surface area contributed by atoms with Gasteiger partial charge in [-0.2, -0.15) is 0 Å². The Morgan fingerprint density at radius 1 is 1.56 bits per heavy atom. The average Bonchev–Trinajstić information content (AvgIpc) is 2.34. The van der Waals surface area contributed by atoms with E-state index >= 15 is 0 Å². The van der Waals surface area contributed by atoms with Gasteiger partial charge in [0.2, 0.25) is 0 Å². The molecule has 18 heavy (non-hydrogen) atoms. The lowest BCUT2D eigenvalue weighted by Gasteiger charge is -2.32. The maximum Gasteiger partial charge on any atom is 0.137 e. The van der Waals surface area contributed by atoms with E-state index in [1.165, 1.54) is 6.07 Å². The van der Waals surface area contributed by atoms with Gasteiger partial charge in [0.05, 0.1) is 9.46 Å². The van der Waals surface area contributed by atoms with Gasteiger partial charge in [0.15, 0.2) is 0 Å². The third kappa shape index (κ3) is 3.49. The number of halogens is 2. The zero-order chi connectivity index (χ0) is 13.1. The average molecular weight is 331 g/mol. The highest BCUT2D eigenvalue weighted by Gasteiger charge is 2.21. The molecule has 0 spiro atoms. The number of nitrogens with zero attached hydrogens (tertiary/aromatic N) is 1. The zero-order valence-electron chi connectivity index (χ0n) is 10.0. The number of hydrogen-bond donors (Lipinski definition) is 1. The van der Waals surface area contributed by atoms with E-state index in [0.29, 0.717) is 15.4 Å². The van der Waals surface area contributed by atoms with Crippen molar-refractivity contribution >= 4 is 33.1 Å². The van der Waals surface area contributed by atoms with E-state index in [9.17, 15) is 4.39 Å². The lowest BCUT2D eigenvalue weighted by molar-refractivity contribution is 0.197. The van der Waals surface area contributed by atoms with E-state index in [-0.39, 0.29) is 5.82 Å². The van der Waals surface area contributed by atoms with Crippen LogP contribution in [0.25, 0.3) is 0 Å². The number of likely N-dealkylation sites (tertiary alicyclic amines) is 1. The normalized spacial score (nSPS) is 20.9. The van der Waals surface area contributed by atoms with Crippen LogP contribution in [0.1, 0.15) is 18.4 Å². The van der Waals surface area contributed by atoms with Crippen molar-refractivity contribution in [3.05, 3.63) is 34.1 Å². The maximum atomic E-state index is 13.2. The Morgan fingerprint density at radius 3 is 3.00 bits per heavy atom. The van der Waals surface area contributed by atoms with Gasteiger partial charge in [-0.15, -0.1) is 0 Å². The van der Waals surface area contributed by atoms with Crippen molar-refractivity contribution in [1.29, 1.82) is 0 Å². The third-order valence-corrected chi connectivity index (χ3v) is 4.24. The summed E-state index contributed by atoms with van der Waals surface area (Å²) in [6.07, 6.45) is 2.20. The van der Waals surface area contributed by atoms with E-state index in [4.69, 9.17) is 18.0 Å². The van der Waals surface area contributed by atoms with Crippen molar-refractivity contribution in [3.63, 3.8) is 0 Å². The summed E-state index contributed by atoms with van der Waals surface area (Å²) in [4.78, 5) is 2.94. The minimum Gasteiger partial charge on any atom is -0.393 e. The lowest BCUT2D eigenvalue weighted by Crippen LogP contribution is -2.39. The first-order chi connectivity index (χ1) is 8.56. The molecule has 98 valence electrons. The lowest BCUT2D eigenvalue weighted by atomic mass is 9.97. The molecule has 5 heteroatoms. The van der Waals surface area contributed by atoms with Gasteiger partial charge < -0.3 is 5.73 Å². The summed E-state index contributed by atoms with van der Waals surface area (Å²) in [6, 6.07) is 5.15. The SMILES string of the molecule is NC(=S)C1CCCN(Cc2ccc(F)c(Br)c2)C1. The molecule has 1 aliphatic rings. The summed E-state index contributed by atoms with van der Waals surface area (Å²) >= 11 is 8.28. The Kier molecular flexibility index (Phi) is 4.70. The van der Waals surface area contributed by atoms with Crippen LogP contribution in [-0.4, -0.2) is 23.0 Å². The van der Waals surface area contributed by atoms with Crippen LogP contribution in [0, 0.1) is 11.7 Å². The first-order valence-electron chi connectivity index (χ1n) is 6.02. The van der Waals surface area contributed by atoms with Gasteiger partial charge in [-0.05, 0) is 53.0 Å². The molecule has 1 fully saturated rings. The number of nitrogens with two attached hydrogens (primary N) is 1. The molecule has 2 N–H and O–H groups in total. The molecule has 1 aromatic carbocycles. The molecule has 0 bridgehead atoms. The van der Waals surface area contributed by atoms with Gasteiger partial charge in [-0.3, -0.25) is 4.90 Å². The number of benzene rings is 1. The highest BCUT2D eigenvalue weighted by Crippen LogP contribution is 2.21. The molecule has 1 aliphatic heterocycles. The van der Waals surface area contributed by atoms with E-state index in [0.717, 1.165) is 38.0 Å². The van der Waals surface area contributed by atoms with E-state index in [2.05, 4.69) is 20.8 Å². The van der Waals surface area contributed by atoms with Crippen LogP contribution >= 0.6 is 28.1 Å². The summed E-state index contributed by atoms with van der Waals surface area (Å²) in [5.74, 6) is 0.0936. The Labute approximate surface area is 120 Å². The van der Waals surface area contributed by atoms with Gasteiger partial charge in [-0.1, -0.05) is 18.3 Å². The Morgan fingerprint density at radius 2 is 2.33 bits per heavy atom. The number of rotatable bonds is 3. The minimum absolute atomic E-state index is 0.224. The smallest absolute Gasteiger partial charge is 0.137 e. The van der Waals surface area contributed by atoms with E-state index in [1.54, 1.807) is 0 Å². The fourth-order valence-electron chi connectivity index (χ4n) is 2.33. The predicted molar refractivity (Wildman–Crippen MR) is 78.9 cm³/mol. The first-order valence-corrected chi connectivity index (χ1v) is 7.22. The van der Waals surface area contributed by atoms with Crippen LogP contribution in [0.3, 0.4) is 0 Å². The van der Waals surface area contributed by atoms with E-state index in [1.807, 2.05) is 12.1 Å². The highest BCUT2D eigenvalue weighted by atomic mass is 79.9. The molecule has 0 aromatic heterocycles. The third-order valence-electron chi connectivity index (χ3n) is 3.30. The van der Waals surface area contributed by atoms with Crippen molar-refractivity contribution in [2.45, 2.75) is 19.4 Å². The van der Waals surface area contributed by atoms with Crippen LogP contribution in [0.4, 0.5) is 4.39 Å². The summed E-state index contributed by atoms with van der Waals surface area (Å²) in [7, 11) is 0. The number of thiocarbonyl (C=S) groups is 1. The quantitative estimate of drug-likeness (QED) is 0.863. The van der Waals surface area contributed by atoms with Crippen LogP contribution in [0.5, 0.6) is 0 Å². The fourth-order valence-corrected chi connectivity index (χ4v) is 2.95. The molecule has 1 aromatic rings. The maximum absolute atomic E-state index is 13.2. The van der Waals surface area contributed by atoms with Crippen LogP contribution in [-0.2, 0) is 6.54 Å². The second-order valence-electron chi connectivity index (χ2n) is 4.73. The topological polar surface area (TPSA) is 29.3 Å². The van der Waals surface area contributed by atoms with Crippen LogP contribution < -0.4 is 5.73 Å². The van der Waals surface area contributed by atoms with Gasteiger partial charge in [-0.25, -0.2) is 4.39 Å². The largest absolute Gasteiger partial charge is 0.393 e. The van der Waals surface area contributed by atoms with E-state index < -0.39 is 0 Å². The van der Waals surface area contributed by atoms with Gasteiger partial charge in [0.1, 0.15) is 5.82 Å². The molecule has 1 heterocycles. The second kappa shape index (κ2) is 6.08. The predicted octanol–water partition coefficient (Wildman–Crippen LogP) is 3.09. The van der Waals surface area contributed by atoms with Crippen molar-refractivity contribution in [2.24, 2.45) is 11.7 Å². The van der Waals surface area contributed by atoms with Crippen molar-refractivity contribution < 1.29 is 4.39 Å². The van der Waals surface area contributed by atoms with Crippen LogP contribution in [0.2, 0.25) is 0 Å². The molecule has 0 saturated carbocycles. The molecule has 1 atom stereocenters. The molecule has 2 rings (SSSR count). The molecule has 1 saturated heterocycles. The molecule has 0 aliphatic carbocycles. The van der Waals surface area contributed by atoms with Gasteiger partial charge >= 0.3 is 0 Å². The van der Waals surface area contributed by atoms with Gasteiger partial charge in [0, 0.05) is 19.0 Å². The van der Waals surface area contributed by atoms with Gasteiger partial charge in [0.25, 0.3) is 0 Å². The Balaban J connectivity index is 2.00.